The summed E-state index contributed by atoms with van der Waals surface area (Å²) >= 11 is 0. The highest BCUT2D eigenvalue weighted by molar-refractivity contribution is 5.80. The van der Waals surface area contributed by atoms with Crippen LogP contribution in [-0.2, 0) is 0 Å². The van der Waals surface area contributed by atoms with Crippen LogP contribution < -0.4 is 25.0 Å². The zero-order chi connectivity index (χ0) is 19.9. The molecule has 156 valence electrons. The number of hydrogen-bond donors (Lipinski definition) is 3. The number of hydrogen-bond acceptors (Lipinski definition) is 5. The van der Waals surface area contributed by atoms with E-state index in [2.05, 4.69) is 22.5 Å². The first kappa shape index (κ1) is 20.6. The topological polar surface area (TPSA) is 78.4 Å². The van der Waals surface area contributed by atoms with Crippen LogP contribution in [0.5, 0.6) is 11.5 Å². The smallest absolute Gasteiger partial charge is 0.191 e. The minimum atomic E-state index is -0.198. The standard InChI is InChI=1S/C21H34N4O3/c1-4-22-21(23-13-15-6-5-7-20(15)26)24-16-8-9-25(14-16)17-10-18(27-2)12-19(11-17)28-3/h10-12,15-16,20,26H,4-9,13-14H2,1-3H3,(H2,22,23,24). The van der Waals surface area contributed by atoms with Gasteiger partial charge in [-0.15, -0.1) is 0 Å². The first-order valence-electron chi connectivity index (χ1n) is 10.3. The number of benzene rings is 1. The molecule has 3 atom stereocenters. The third kappa shape index (κ3) is 5.22. The van der Waals surface area contributed by atoms with Gasteiger partial charge in [0.15, 0.2) is 5.96 Å². The van der Waals surface area contributed by atoms with Crippen LogP contribution in [0, 0.1) is 5.92 Å². The van der Waals surface area contributed by atoms with E-state index >= 15 is 0 Å². The number of nitrogens with zero attached hydrogens (tertiary/aromatic N) is 2. The molecule has 1 saturated heterocycles. The fraction of sp³-hybridized carbons (Fsp3) is 0.667. The van der Waals surface area contributed by atoms with Gasteiger partial charge in [0.25, 0.3) is 0 Å². The molecule has 1 aliphatic heterocycles. The number of aliphatic imine (C=N–C) groups is 1. The number of aliphatic hydroxyl groups excluding tert-OH is 1. The summed E-state index contributed by atoms with van der Waals surface area (Å²) in [6.45, 7) is 5.44. The third-order valence-electron chi connectivity index (χ3n) is 5.68. The first-order valence-corrected chi connectivity index (χ1v) is 10.3. The second-order valence-corrected chi connectivity index (χ2v) is 7.62. The molecule has 7 nitrogen and oxygen atoms in total. The molecular formula is C21H34N4O3. The minimum absolute atomic E-state index is 0.198. The van der Waals surface area contributed by atoms with Gasteiger partial charge in [0, 0.05) is 62.0 Å². The number of methoxy groups -OCH3 is 2. The van der Waals surface area contributed by atoms with E-state index in [9.17, 15) is 5.11 Å². The SMILES string of the molecule is CCNC(=NCC1CCCC1O)NC1CCN(c2cc(OC)cc(OC)c2)C1. The molecule has 7 heteroatoms. The summed E-state index contributed by atoms with van der Waals surface area (Å²) in [6.07, 6.45) is 3.92. The molecule has 0 amide bonds. The van der Waals surface area contributed by atoms with Crippen LogP contribution >= 0.6 is 0 Å². The highest BCUT2D eigenvalue weighted by Crippen LogP contribution is 2.30. The summed E-state index contributed by atoms with van der Waals surface area (Å²) in [5, 5.41) is 16.9. The summed E-state index contributed by atoms with van der Waals surface area (Å²) in [5.74, 6) is 2.74. The predicted molar refractivity (Wildman–Crippen MR) is 113 cm³/mol. The van der Waals surface area contributed by atoms with Crippen LogP contribution in [0.4, 0.5) is 5.69 Å². The van der Waals surface area contributed by atoms with Crippen LogP contribution in [0.1, 0.15) is 32.6 Å². The third-order valence-corrected chi connectivity index (χ3v) is 5.68. The normalized spacial score (nSPS) is 25.1. The van der Waals surface area contributed by atoms with Crippen molar-refractivity contribution in [3.8, 4) is 11.5 Å². The molecule has 0 radical (unpaired) electrons. The van der Waals surface area contributed by atoms with Crippen molar-refractivity contribution in [1.82, 2.24) is 10.6 Å². The van der Waals surface area contributed by atoms with Crippen LogP contribution in [0.15, 0.2) is 23.2 Å². The second kappa shape index (κ2) is 9.87. The van der Waals surface area contributed by atoms with Gasteiger partial charge in [-0.05, 0) is 26.2 Å². The number of ether oxygens (including phenoxy) is 2. The molecule has 1 heterocycles. The minimum Gasteiger partial charge on any atom is -0.497 e. The van der Waals surface area contributed by atoms with Gasteiger partial charge in [0.05, 0.1) is 20.3 Å². The molecule has 2 aliphatic rings. The molecular weight excluding hydrogens is 356 g/mol. The average Bonchev–Trinajstić information content (AvgIpc) is 3.34. The Labute approximate surface area is 168 Å². The Balaban J connectivity index is 1.60. The lowest BCUT2D eigenvalue weighted by molar-refractivity contribution is 0.136. The van der Waals surface area contributed by atoms with Crippen molar-refractivity contribution >= 4 is 11.6 Å². The summed E-state index contributed by atoms with van der Waals surface area (Å²) < 4.78 is 10.8. The van der Waals surface area contributed by atoms with Gasteiger partial charge in [-0.2, -0.15) is 0 Å². The molecule has 0 bridgehead atoms. The highest BCUT2D eigenvalue weighted by Gasteiger charge is 2.26. The van der Waals surface area contributed by atoms with E-state index in [-0.39, 0.29) is 6.10 Å². The lowest BCUT2D eigenvalue weighted by Gasteiger charge is -2.22. The Kier molecular flexibility index (Phi) is 7.25. The summed E-state index contributed by atoms with van der Waals surface area (Å²) in [4.78, 5) is 7.08. The Morgan fingerprint density at radius 2 is 1.93 bits per heavy atom. The molecule has 1 aromatic carbocycles. The molecule has 1 aliphatic carbocycles. The Morgan fingerprint density at radius 1 is 1.18 bits per heavy atom. The van der Waals surface area contributed by atoms with Gasteiger partial charge in [-0.1, -0.05) is 6.42 Å². The molecule has 3 rings (SSSR count). The maximum absolute atomic E-state index is 10.0. The molecule has 3 N–H and O–H groups in total. The van der Waals surface area contributed by atoms with Crippen molar-refractivity contribution in [2.75, 3.05) is 45.3 Å². The lowest BCUT2D eigenvalue weighted by atomic mass is 10.1. The molecule has 2 fully saturated rings. The molecule has 1 saturated carbocycles. The Hall–Kier alpha value is -2.15. The quantitative estimate of drug-likeness (QED) is 0.488. The zero-order valence-corrected chi connectivity index (χ0v) is 17.3. The van der Waals surface area contributed by atoms with E-state index in [4.69, 9.17) is 14.5 Å². The van der Waals surface area contributed by atoms with Crippen LogP contribution in [0.25, 0.3) is 0 Å². The summed E-state index contributed by atoms with van der Waals surface area (Å²) in [5.41, 5.74) is 1.11. The second-order valence-electron chi connectivity index (χ2n) is 7.62. The summed E-state index contributed by atoms with van der Waals surface area (Å²) in [6, 6.07) is 6.31. The Morgan fingerprint density at radius 3 is 2.54 bits per heavy atom. The highest BCUT2D eigenvalue weighted by atomic mass is 16.5. The van der Waals surface area contributed by atoms with E-state index in [1.54, 1.807) is 14.2 Å². The monoisotopic (exact) mass is 390 g/mol. The maximum Gasteiger partial charge on any atom is 0.191 e. The van der Waals surface area contributed by atoms with Crippen molar-refractivity contribution in [3.63, 3.8) is 0 Å². The van der Waals surface area contributed by atoms with Gasteiger partial charge in [0.2, 0.25) is 0 Å². The first-order chi connectivity index (χ1) is 13.6. The van der Waals surface area contributed by atoms with E-state index in [1.807, 2.05) is 18.2 Å². The van der Waals surface area contributed by atoms with Crippen molar-refractivity contribution in [2.45, 2.75) is 44.8 Å². The van der Waals surface area contributed by atoms with Gasteiger partial charge in [-0.3, -0.25) is 4.99 Å². The number of rotatable bonds is 7. The van der Waals surface area contributed by atoms with Gasteiger partial charge < -0.3 is 30.1 Å². The summed E-state index contributed by atoms with van der Waals surface area (Å²) in [7, 11) is 3.35. The maximum atomic E-state index is 10.0. The fourth-order valence-electron chi connectivity index (χ4n) is 4.04. The van der Waals surface area contributed by atoms with E-state index in [1.165, 1.54) is 0 Å². The molecule has 0 spiro atoms. The number of aliphatic hydroxyl groups is 1. The van der Waals surface area contributed by atoms with Crippen molar-refractivity contribution in [3.05, 3.63) is 18.2 Å². The number of nitrogens with one attached hydrogen (secondary N) is 2. The zero-order valence-electron chi connectivity index (χ0n) is 17.3. The van der Waals surface area contributed by atoms with Crippen molar-refractivity contribution in [2.24, 2.45) is 10.9 Å². The van der Waals surface area contributed by atoms with E-state index in [0.717, 1.165) is 68.5 Å². The van der Waals surface area contributed by atoms with Gasteiger partial charge in [0.1, 0.15) is 11.5 Å². The van der Waals surface area contributed by atoms with Gasteiger partial charge >= 0.3 is 0 Å². The average molecular weight is 391 g/mol. The van der Waals surface area contributed by atoms with Crippen LogP contribution in [0.3, 0.4) is 0 Å². The molecule has 0 aromatic heterocycles. The molecule has 1 aromatic rings. The van der Waals surface area contributed by atoms with Crippen LogP contribution in [0.2, 0.25) is 0 Å². The van der Waals surface area contributed by atoms with Crippen LogP contribution in [-0.4, -0.2) is 63.6 Å². The number of guanidine groups is 1. The largest absolute Gasteiger partial charge is 0.497 e. The van der Waals surface area contributed by atoms with Gasteiger partial charge in [-0.25, -0.2) is 0 Å². The number of anilines is 1. The molecule has 28 heavy (non-hydrogen) atoms. The Bertz CT molecular complexity index is 645. The molecule has 3 unspecified atom stereocenters. The lowest BCUT2D eigenvalue weighted by Crippen LogP contribution is -2.45. The van der Waals surface area contributed by atoms with E-state index in [0.29, 0.717) is 18.5 Å². The van der Waals surface area contributed by atoms with Crippen molar-refractivity contribution in [1.29, 1.82) is 0 Å². The van der Waals surface area contributed by atoms with Crippen molar-refractivity contribution < 1.29 is 14.6 Å². The van der Waals surface area contributed by atoms with E-state index < -0.39 is 0 Å². The fourth-order valence-corrected chi connectivity index (χ4v) is 4.04. The predicted octanol–water partition coefficient (Wildman–Crippen LogP) is 2.00.